The number of pyridine rings is 1. The maximum atomic E-state index is 5.28. The van der Waals surface area contributed by atoms with Crippen molar-refractivity contribution in [3.8, 4) is 5.75 Å². The summed E-state index contributed by atoms with van der Waals surface area (Å²) < 4.78 is 5.28. The molecule has 0 radical (unpaired) electrons. The van der Waals surface area contributed by atoms with E-state index in [2.05, 4.69) is 42.0 Å². The van der Waals surface area contributed by atoms with E-state index in [9.17, 15) is 0 Å². The van der Waals surface area contributed by atoms with Gasteiger partial charge in [-0.3, -0.25) is 0 Å². The SMILES string of the molecule is CCN(CC)CCCNc1cc(C)c2cc(OC)ccc2n1. The zero-order valence-corrected chi connectivity index (χ0v) is 14.1. The van der Waals surface area contributed by atoms with Crippen molar-refractivity contribution < 1.29 is 4.74 Å². The summed E-state index contributed by atoms with van der Waals surface area (Å²) in [5.41, 5.74) is 2.22. The van der Waals surface area contributed by atoms with Crippen LogP contribution in [0.25, 0.3) is 10.9 Å². The summed E-state index contributed by atoms with van der Waals surface area (Å²) in [6.07, 6.45) is 1.13. The van der Waals surface area contributed by atoms with E-state index in [0.29, 0.717) is 0 Å². The first-order valence-electron chi connectivity index (χ1n) is 8.09. The van der Waals surface area contributed by atoms with Gasteiger partial charge in [0.1, 0.15) is 11.6 Å². The van der Waals surface area contributed by atoms with Crippen molar-refractivity contribution >= 4 is 16.7 Å². The van der Waals surface area contributed by atoms with Crippen LogP contribution < -0.4 is 10.1 Å². The first kappa shape index (κ1) is 16.6. The molecule has 0 aliphatic carbocycles. The first-order chi connectivity index (χ1) is 10.7. The molecule has 0 saturated heterocycles. The second-order valence-electron chi connectivity index (χ2n) is 5.51. The highest BCUT2D eigenvalue weighted by Gasteiger charge is 2.04. The molecule has 0 unspecified atom stereocenters. The van der Waals surface area contributed by atoms with E-state index in [1.54, 1.807) is 7.11 Å². The van der Waals surface area contributed by atoms with Gasteiger partial charge in [-0.2, -0.15) is 0 Å². The van der Waals surface area contributed by atoms with E-state index in [1.165, 1.54) is 5.56 Å². The van der Waals surface area contributed by atoms with Crippen LogP contribution in [-0.4, -0.2) is 43.2 Å². The lowest BCUT2D eigenvalue weighted by atomic mass is 10.1. The molecule has 1 heterocycles. The summed E-state index contributed by atoms with van der Waals surface area (Å²) in [4.78, 5) is 7.13. The molecule has 0 bridgehead atoms. The van der Waals surface area contributed by atoms with Crippen LogP contribution in [0.3, 0.4) is 0 Å². The van der Waals surface area contributed by atoms with Gasteiger partial charge in [-0.15, -0.1) is 0 Å². The topological polar surface area (TPSA) is 37.4 Å². The van der Waals surface area contributed by atoms with Gasteiger partial charge in [-0.1, -0.05) is 13.8 Å². The number of aromatic nitrogens is 1. The fraction of sp³-hybridized carbons (Fsp3) is 0.500. The first-order valence-corrected chi connectivity index (χ1v) is 8.09. The molecule has 1 aromatic heterocycles. The van der Waals surface area contributed by atoms with Crippen molar-refractivity contribution in [2.45, 2.75) is 27.2 Å². The second kappa shape index (κ2) is 7.99. The van der Waals surface area contributed by atoms with E-state index in [1.807, 2.05) is 18.2 Å². The number of ether oxygens (including phenoxy) is 1. The zero-order chi connectivity index (χ0) is 15.9. The van der Waals surface area contributed by atoms with E-state index >= 15 is 0 Å². The summed E-state index contributed by atoms with van der Waals surface area (Å²) in [5.74, 6) is 1.83. The van der Waals surface area contributed by atoms with Gasteiger partial charge in [-0.25, -0.2) is 4.98 Å². The Hall–Kier alpha value is -1.81. The smallest absolute Gasteiger partial charge is 0.126 e. The Labute approximate surface area is 133 Å². The van der Waals surface area contributed by atoms with Crippen molar-refractivity contribution in [3.05, 3.63) is 29.8 Å². The van der Waals surface area contributed by atoms with Crippen molar-refractivity contribution in [2.24, 2.45) is 0 Å². The zero-order valence-electron chi connectivity index (χ0n) is 14.1. The van der Waals surface area contributed by atoms with E-state index in [4.69, 9.17) is 4.74 Å². The van der Waals surface area contributed by atoms with E-state index in [0.717, 1.165) is 55.1 Å². The number of anilines is 1. The van der Waals surface area contributed by atoms with Crippen LogP contribution in [0.2, 0.25) is 0 Å². The van der Waals surface area contributed by atoms with Crippen molar-refractivity contribution in [3.63, 3.8) is 0 Å². The molecule has 2 rings (SSSR count). The third-order valence-electron chi connectivity index (χ3n) is 4.07. The molecule has 4 heteroatoms. The largest absolute Gasteiger partial charge is 0.497 e. The Morgan fingerprint density at radius 2 is 1.95 bits per heavy atom. The molecule has 4 nitrogen and oxygen atoms in total. The minimum Gasteiger partial charge on any atom is -0.497 e. The fourth-order valence-corrected chi connectivity index (χ4v) is 2.65. The van der Waals surface area contributed by atoms with Gasteiger partial charge in [0.25, 0.3) is 0 Å². The molecule has 0 amide bonds. The molecule has 0 aliphatic rings. The molecule has 0 aliphatic heterocycles. The van der Waals surface area contributed by atoms with Gasteiger partial charge in [-0.05, 0) is 62.8 Å². The van der Waals surface area contributed by atoms with E-state index < -0.39 is 0 Å². The van der Waals surface area contributed by atoms with Crippen LogP contribution in [-0.2, 0) is 0 Å². The van der Waals surface area contributed by atoms with Crippen LogP contribution in [0.4, 0.5) is 5.82 Å². The summed E-state index contributed by atoms with van der Waals surface area (Å²) in [6.45, 7) is 10.8. The maximum absolute atomic E-state index is 5.28. The maximum Gasteiger partial charge on any atom is 0.126 e. The van der Waals surface area contributed by atoms with E-state index in [-0.39, 0.29) is 0 Å². The number of methoxy groups -OCH3 is 1. The lowest BCUT2D eigenvalue weighted by Gasteiger charge is -2.18. The van der Waals surface area contributed by atoms with Crippen LogP contribution in [0, 0.1) is 6.92 Å². The van der Waals surface area contributed by atoms with Crippen molar-refractivity contribution in [1.82, 2.24) is 9.88 Å². The number of hydrogen-bond acceptors (Lipinski definition) is 4. The Morgan fingerprint density at radius 1 is 1.18 bits per heavy atom. The Balaban J connectivity index is 2.00. The quantitative estimate of drug-likeness (QED) is 0.755. The van der Waals surface area contributed by atoms with Gasteiger partial charge in [0.05, 0.1) is 12.6 Å². The molecule has 0 fully saturated rings. The molecule has 1 aromatic carbocycles. The minimum atomic E-state index is 0.873. The van der Waals surface area contributed by atoms with Gasteiger partial charge in [0.15, 0.2) is 0 Å². The molecular formula is C18H27N3O. The molecule has 120 valence electrons. The molecule has 0 spiro atoms. The molecule has 0 saturated carbocycles. The normalized spacial score (nSPS) is 11.1. The van der Waals surface area contributed by atoms with Gasteiger partial charge >= 0.3 is 0 Å². The Bertz CT molecular complexity index is 609. The summed E-state index contributed by atoms with van der Waals surface area (Å²) in [6, 6.07) is 8.13. The lowest BCUT2D eigenvalue weighted by Crippen LogP contribution is -2.25. The van der Waals surface area contributed by atoms with Crippen LogP contribution in [0.5, 0.6) is 5.75 Å². The highest BCUT2D eigenvalue weighted by molar-refractivity contribution is 5.85. The number of nitrogens with zero attached hydrogens (tertiary/aromatic N) is 2. The highest BCUT2D eigenvalue weighted by atomic mass is 16.5. The molecule has 2 aromatic rings. The van der Waals surface area contributed by atoms with Crippen molar-refractivity contribution in [2.75, 3.05) is 38.6 Å². The number of hydrogen-bond donors (Lipinski definition) is 1. The van der Waals surface area contributed by atoms with Crippen LogP contribution in [0.15, 0.2) is 24.3 Å². The average molecular weight is 301 g/mol. The Kier molecular flexibility index (Phi) is 6.01. The number of rotatable bonds is 8. The van der Waals surface area contributed by atoms with Gasteiger partial charge in [0.2, 0.25) is 0 Å². The molecule has 22 heavy (non-hydrogen) atoms. The molecule has 0 atom stereocenters. The summed E-state index contributed by atoms with van der Waals surface area (Å²) in [7, 11) is 1.69. The van der Waals surface area contributed by atoms with Gasteiger partial charge < -0.3 is 15.0 Å². The number of nitrogens with one attached hydrogen (secondary N) is 1. The minimum absolute atomic E-state index is 0.873. The predicted molar refractivity (Wildman–Crippen MR) is 93.9 cm³/mol. The predicted octanol–water partition coefficient (Wildman–Crippen LogP) is 3.70. The van der Waals surface area contributed by atoms with Crippen LogP contribution in [0.1, 0.15) is 25.8 Å². The van der Waals surface area contributed by atoms with Gasteiger partial charge in [0, 0.05) is 11.9 Å². The standard InChI is InChI=1S/C18H27N3O/c1-5-21(6-2)11-7-10-19-18-12-14(3)16-13-15(22-4)8-9-17(16)20-18/h8-9,12-13H,5-7,10-11H2,1-4H3,(H,19,20). The Morgan fingerprint density at radius 3 is 2.64 bits per heavy atom. The summed E-state index contributed by atoms with van der Waals surface area (Å²) >= 11 is 0. The monoisotopic (exact) mass is 301 g/mol. The second-order valence-corrected chi connectivity index (χ2v) is 5.51. The number of benzene rings is 1. The third-order valence-corrected chi connectivity index (χ3v) is 4.07. The molecular weight excluding hydrogens is 274 g/mol. The van der Waals surface area contributed by atoms with Crippen LogP contribution >= 0.6 is 0 Å². The highest BCUT2D eigenvalue weighted by Crippen LogP contribution is 2.24. The fourth-order valence-electron chi connectivity index (χ4n) is 2.65. The summed E-state index contributed by atoms with van der Waals surface area (Å²) in [5, 5.41) is 4.59. The van der Waals surface area contributed by atoms with Crippen molar-refractivity contribution in [1.29, 1.82) is 0 Å². The average Bonchev–Trinajstić information content (AvgIpc) is 2.55. The number of fused-ring (bicyclic) bond motifs is 1. The molecule has 1 N–H and O–H groups in total. The third kappa shape index (κ3) is 4.10. The number of aryl methyl sites for hydroxylation is 1. The lowest BCUT2D eigenvalue weighted by molar-refractivity contribution is 0.303.